The van der Waals surface area contributed by atoms with Gasteiger partial charge in [0.25, 0.3) is 0 Å². The Hall–Kier alpha value is -6.66. The highest BCUT2D eigenvalue weighted by molar-refractivity contribution is 5.68. The van der Waals surface area contributed by atoms with Crippen LogP contribution in [-0.2, 0) is 119 Å². The minimum absolute atomic E-state index is 0.0502. The van der Waals surface area contributed by atoms with Crippen molar-refractivity contribution in [1.29, 1.82) is 0 Å². The monoisotopic (exact) mass is 1140 g/mol. The molecule has 0 radical (unpaired) electrons. The largest absolute Gasteiger partial charge is 0.497 e. The predicted octanol–water partition coefficient (Wildman–Crippen LogP) is 6.87. The molecule has 0 aromatic heterocycles. The number of methoxy groups -OCH3 is 1. The van der Waals surface area contributed by atoms with Crippen molar-refractivity contribution in [3.8, 4) is 5.75 Å². The first-order valence-electron chi connectivity index (χ1n) is 27.2. The van der Waals surface area contributed by atoms with Crippen LogP contribution in [0.5, 0.6) is 5.75 Å². The minimum atomic E-state index is -1.76. The summed E-state index contributed by atoms with van der Waals surface area (Å²) in [7, 11) is 1.56. The third kappa shape index (κ3) is 17.4. The van der Waals surface area contributed by atoms with Crippen LogP contribution in [0, 0.1) is 0 Å². The Morgan fingerprint density at radius 1 is 0.415 bits per heavy atom. The fraction of sp³-hybridized carbons (Fsp3) is 0.452. The molecule has 5 aromatic carbocycles. The van der Waals surface area contributed by atoms with Gasteiger partial charge in [-0.1, -0.05) is 133 Å². The number of ether oxygens (including phenoxy) is 15. The summed E-state index contributed by atoms with van der Waals surface area (Å²) in [5, 5.41) is 12.3. The van der Waals surface area contributed by atoms with E-state index in [0.29, 0.717) is 5.75 Å². The van der Waals surface area contributed by atoms with Crippen LogP contribution in [0.2, 0.25) is 0 Å². The van der Waals surface area contributed by atoms with Gasteiger partial charge in [0.1, 0.15) is 61.2 Å². The molecule has 20 nitrogen and oxygen atoms in total. The number of carbonyl (C=O) groups is 4. The molecular formula is C62H72O20. The zero-order valence-corrected chi connectivity index (χ0v) is 46.7. The molecule has 3 saturated heterocycles. The van der Waals surface area contributed by atoms with Crippen LogP contribution >= 0.6 is 0 Å². The summed E-state index contributed by atoms with van der Waals surface area (Å²) in [5.74, 6) is -2.61. The van der Waals surface area contributed by atoms with Crippen molar-refractivity contribution >= 4 is 23.9 Å². The average molecular weight is 1140 g/mol. The molecule has 0 aliphatic carbocycles. The Balaban J connectivity index is 1.24. The van der Waals surface area contributed by atoms with Gasteiger partial charge in [0.2, 0.25) is 0 Å². The lowest BCUT2D eigenvalue weighted by Gasteiger charge is -2.51. The number of hydrogen-bond donors (Lipinski definition) is 1. The van der Waals surface area contributed by atoms with Gasteiger partial charge in [-0.3, -0.25) is 19.2 Å². The van der Waals surface area contributed by atoms with Crippen LogP contribution in [0.4, 0.5) is 0 Å². The summed E-state index contributed by atoms with van der Waals surface area (Å²) in [6.07, 6.45) is -20.2. The molecular weight excluding hydrogens is 1060 g/mol. The van der Waals surface area contributed by atoms with E-state index in [2.05, 4.69) is 0 Å². The molecule has 0 unspecified atom stereocenters. The lowest BCUT2D eigenvalue weighted by molar-refractivity contribution is -0.391. The van der Waals surface area contributed by atoms with E-state index in [4.69, 9.17) is 71.1 Å². The first kappa shape index (κ1) is 61.4. The fourth-order valence-corrected chi connectivity index (χ4v) is 9.89. The topological polar surface area (TPSA) is 227 Å². The summed E-state index contributed by atoms with van der Waals surface area (Å²) >= 11 is 0. The van der Waals surface area contributed by atoms with Crippen molar-refractivity contribution in [2.24, 2.45) is 0 Å². The van der Waals surface area contributed by atoms with E-state index in [0.717, 1.165) is 48.6 Å². The predicted molar refractivity (Wildman–Crippen MR) is 290 cm³/mol. The summed E-state index contributed by atoms with van der Waals surface area (Å²) in [4.78, 5) is 51.2. The van der Waals surface area contributed by atoms with E-state index in [1.807, 2.05) is 140 Å². The van der Waals surface area contributed by atoms with E-state index in [1.165, 1.54) is 6.92 Å². The van der Waals surface area contributed by atoms with Crippen molar-refractivity contribution in [3.05, 3.63) is 173 Å². The standard InChI is InChI=1S/C62H72O20/c1-38-51(71-32-43-19-11-7-12-20-43)54(72-33-44-21-13-8-14-22-44)58(74-35-46-25-17-10-18-26-46)61(75-38)82-55-53(81-62-59(78-42(5)66)56(77-41(4)65)52(76-40(3)64)50(80-62)37-70-39(2)63)49(36-69-31-47-27-29-48(68-6)30-28-47)79-60(67)57(55)73-34-45-23-15-9-16-24-45/h7-30,38,49-62,67H,31-37H2,1-6H3/t38-,49+,50+,51+,52-,53+,54+,55-,56-,57+,58-,59+,60+,61-,62-/m0/s1. The molecule has 3 aliphatic heterocycles. The van der Waals surface area contributed by atoms with E-state index >= 15 is 0 Å². The molecule has 3 fully saturated rings. The Labute approximate surface area is 476 Å². The molecule has 3 heterocycles. The first-order valence-corrected chi connectivity index (χ1v) is 27.2. The number of carbonyl (C=O) groups excluding carboxylic acids is 4. The molecule has 15 atom stereocenters. The van der Waals surface area contributed by atoms with Gasteiger partial charge in [-0.2, -0.15) is 0 Å². The van der Waals surface area contributed by atoms with Crippen LogP contribution < -0.4 is 4.74 Å². The Morgan fingerprint density at radius 2 is 0.841 bits per heavy atom. The highest BCUT2D eigenvalue weighted by Crippen LogP contribution is 2.39. The fourth-order valence-electron chi connectivity index (χ4n) is 9.89. The summed E-state index contributed by atoms with van der Waals surface area (Å²) in [6.45, 7) is 5.93. The second-order valence-corrected chi connectivity index (χ2v) is 20.0. The normalized spacial score (nSPS) is 28.1. The molecule has 82 heavy (non-hydrogen) atoms. The molecule has 1 N–H and O–H groups in total. The number of benzene rings is 5. The number of hydrogen-bond acceptors (Lipinski definition) is 20. The molecule has 0 amide bonds. The number of rotatable bonds is 26. The van der Waals surface area contributed by atoms with Crippen LogP contribution in [-0.4, -0.2) is 141 Å². The molecule has 0 spiro atoms. The van der Waals surface area contributed by atoms with Crippen molar-refractivity contribution < 1.29 is 95.3 Å². The van der Waals surface area contributed by atoms with Crippen LogP contribution in [0.25, 0.3) is 0 Å². The van der Waals surface area contributed by atoms with Crippen LogP contribution in [0.3, 0.4) is 0 Å². The smallest absolute Gasteiger partial charge is 0.303 e. The average Bonchev–Trinajstić information content (AvgIpc) is 3.50. The number of esters is 4. The Bertz CT molecular complexity index is 2740. The van der Waals surface area contributed by atoms with Crippen molar-refractivity contribution in [2.75, 3.05) is 20.3 Å². The second kappa shape index (κ2) is 30.6. The quantitative estimate of drug-likeness (QED) is 0.0440. The van der Waals surface area contributed by atoms with Gasteiger partial charge in [0.15, 0.2) is 37.2 Å². The van der Waals surface area contributed by atoms with Gasteiger partial charge in [0, 0.05) is 27.7 Å². The minimum Gasteiger partial charge on any atom is -0.497 e. The van der Waals surface area contributed by atoms with Crippen molar-refractivity contribution in [3.63, 3.8) is 0 Å². The van der Waals surface area contributed by atoms with Crippen molar-refractivity contribution in [2.45, 2.75) is 160 Å². The lowest BCUT2D eigenvalue weighted by atomic mass is 9.95. The maximum Gasteiger partial charge on any atom is 0.303 e. The van der Waals surface area contributed by atoms with Crippen molar-refractivity contribution in [1.82, 2.24) is 0 Å². The molecule has 0 saturated carbocycles. The maximum atomic E-state index is 13.2. The van der Waals surface area contributed by atoms with Gasteiger partial charge >= 0.3 is 23.9 Å². The highest BCUT2D eigenvalue weighted by atomic mass is 16.8. The molecule has 20 heteroatoms. The van der Waals surface area contributed by atoms with Gasteiger partial charge < -0.3 is 76.2 Å². The number of aliphatic hydroxyl groups is 1. The third-order valence-corrected chi connectivity index (χ3v) is 13.7. The van der Waals surface area contributed by atoms with E-state index < -0.39 is 123 Å². The van der Waals surface area contributed by atoms with E-state index in [1.54, 1.807) is 19.2 Å². The van der Waals surface area contributed by atoms with Crippen LogP contribution in [0.1, 0.15) is 62.4 Å². The molecule has 0 bridgehead atoms. The number of aliphatic hydroxyl groups excluding tert-OH is 1. The second-order valence-electron chi connectivity index (χ2n) is 20.0. The lowest BCUT2D eigenvalue weighted by Crippen LogP contribution is -2.68. The van der Waals surface area contributed by atoms with E-state index in [9.17, 15) is 24.3 Å². The van der Waals surface area contributed by atoms with Crippen LogP contribution in [0.15, 0.2) is 146 Å². The molecule has 440 valence electrons. The molecule has 8 rings (SSSR count). The van der Waals surface area contributed by atoms with E-state index in [-0.39, 0.29) is 39.6 Å². The third-order valence-electron chi connectivity index (χ3n) is 13.7. The Kier molecular flexibility index (Phi) is 22.9. The zero-order valence-electron chi connectivity index (χ0n) is 46.7. The van der Waals surface area contributed by atoms with Gasteiger partial charge in [-0.05, 0) is 46.9 Å². The highest BCUT2D eigenvalue weighted by Gasteiger charge is 2.58. The Morgan fingerprint density at radius 3 is 1.34 bits per heavy atom. The maximum absolute atomic E-state index is 13.2. The first-order chi connectivity index (χ1) is 39.7. The summed E-state index contributed by atoms with van der Waals surface area (Å²) in [6, 6.07) is 45.3. The van der Waals surface area contributed by atoms with Gasteiger partial charge in [-0.25, -0.2) is 0 Å². The zero-order chi connectivity index (χ0) is 58.0. The molecule has 3 aliphatic rings. The SMILES string of the molecule is COc1ccc(COC[C@H]2O[C@@H](O)[C@H](OCc3ccccc3)[C@@H](O[C@@H]3O[C@@H](C)[C@@H](OCc4ccccc4)[C@@H](OCc4ccccc4)[C@@H]3OCc3ccccc3)[C@@H]2O[C@@H]2O[C@H](COC(C)=O)[C@H](OC(C)=O)[C@H](OC(C)=O)[C@H]2OC(C)=O)cc1. The summed E-state index contributed by atoms with van der Waals surface area (Å²) in [5.41, 5.74) is 4.11. The van der Waals surface area contributed by atoms with Gasteiger partial charge in [-0.15, -0.1) is 0 Å². The molecule has 5 aromatic rings. The summed E-state index contributed by atoms with van der Waals surface area (Å²) < 4.78 is 96.0. The van der Waals surface area contributed by atoms with Gasteiger partial charge in [0.05, 0.1) is 52.9 Å².